The lowest BCUT2D eigenvalue weighted by Crippen LogP contribution is -2.08. The molecule has 0 fully saturated rings. The van der Waals surface area contributed by atoms with Crippen molar-refractivity contribution in [2.24, 2.45) is 11.8 Å². The van der Waals surface area contributed by atoms with Crippen molar-refractivity contribution in [2.45, 2.75) is 79.8 Å². The van der Waals surface area contributed by atoms with Crippen LogP contribution in [0.4, 0.5) is 0 Å². The summed E-state index contributed by atoms with van der Waals surface area (Å²) in [6.07, 6.45) is 12.0. The number of esters is 1. The van der Waals surface area contributed by atoms with Crippen molar-refractivity contribution in [1.82, 2.24) is 0 Å². The highest BCUT2D eigenvalue weighted by Gasteiger charge is 2.02. The van der Waals surface area contributed by atoms with Gasteiger partial charge in [-0.3, -0.25) is 0 Å². The molecule has 0 heterocycles. The van der Waals surface area contributed by atoms with Crippen LogP contribution in [0.5, 0.6) is 0 Å². The molecule has 1 unspecified atom stereocenters. The average Bonchev–Trinajstić information content (AvgIpc) is 2.33. The van der Waals surface area contributed by atoms with Gasteiger partial charge in [0.1, 0.15) is 0 Å². The number of allylic oxidation sites excluding steroid dienone is 3. The van der Waals surface area contributed by atoms with E-state index in [-0.39, 0.29) is 12.1 Å². The third-order valence-electron chi connectivity index (χ3n) is 3.34. The average molecular weight is 294 g/mol. The van der Waals surface area contributed by atoms with Crippen LogP contribution in [0, 0.1) is 11.8 Å². The lowest BCUT2D eigenvalue weighted by atomic mass is 9.97. The van der Waals surface area contributed by atoms with Crippen molar-refractivity contribution in [1.29, 1.82) is 0 Å². The van der Waals surface area contributed by atoms with Gasteiger partial charge in [0.2, 0.25) is 0 Å². The maximum Gasteiger partial charge on any atom is 0.331 e. The zero-order valence-corrected chi connectivity index (χ0v) is 14.8. The van der Waals surface area contributed by atoms with Crippen LogP contribution in [-0.4, -0.2) is 12.1 Å². The summed E-state index contributed by atoms with van der Waals surface area (Å²) in [5.41, 5.74) is 0.952. The summed E-state index contributed by atoms with van der Waals surface area (Å²) in [5.74, 6) is 1.27. The first-order valence-corrected chi connectivity index (χ1v) is 8.36. The van der Waals surface area contributed by atoms with Crippen molar-refractivity contribution in [3.63, 3.8) is 0 Å². The highest BCUT2D eigenvalue weighted by Crippen LogP contribution is 2.16. The minimum Gasteiger partial charge on any atom is -0.460 e. The summed E-state index contributed by atoms with van der Waals surface area (Å²) in [7, 11) is 0. The van der Waals surface area contributed by atoms with E-state index in [0.29, 0.717) is 5.92 Å². The Morgan fingerprint density at radius 2 is 1.67 bits per heavy atom. The van der Waals surface area contributed by atoms with Gasteiger partial charge in [0, 0.05) is 6.08 Å². The fourth-order valence-corrected chi connectivity index (χ4v) is 2.15. The molecule has 2 nitrogen and oxygen atoms in total. The highest BCUT2D eigenvalue weighted by atomic mass is 16.5. The van der Waals surface area contributed by atoms with E-state index in [1.54, 1.807) is 6.08 Å². The predicted molar refractivity (Wildman–Crippen MR) is 91.2 cm³/mol. The van der Waals surface area contributed by atoms with Gasteiger partial charge in [0.15, 0.2) is 0 Å². The largest absolute Gasteiger partial charge is 0.460 e. The summed E-state index contributed by atoms with van der Waals surface area (Å²) >= 11 is 0. The molecule has 1 atom stereocenters. The van der Waals surface area contributed by atoms with Crippen molar-refractivity contribution in [3.8, 4) is 0 Å². The van der Waals surface area contributed by atoms with Crippen LogP contribution < -0.4 is 0 Å². The summed E-state index contributed by atoms with van der Waals surface area (Å²) < 4.78 is 5.08. The molecule has 2 heteroatoms. The lowest BCUT2D eigenvalue weighted by Gasteiger charge is -2.09. The van der Waals surface area contributed by atoms with Crippen LogP contribution >= 0.6 is 0 Å². The Hall–Kier alpha value is -1.05. The molecule has 21 heavy (non-hydrogen) atoms. The van der Waals surface area contributed by atoms with Gasteiger partial charge in [-0.05, 0) is 44.6 Å². The van der Waals surface area contributed by atoms with E-state index in [0.717, 1.165) is 17.9 Å². The number of hydrogen-bond acceptors (Lipinski definition) is 2. The molecule has 0 spiro atoms. The molecule has 0 aromatic carbocycles. The van der Waals surface area contributed by atoms with Gasteiger partial charge in [0.25, 0.3) is 0 Å². The number of carbonyl (C=O) groups is 1. The Bertz CT molecular complexity index is 337. The van der Waals surface area contributed by atoms with E-state index in [1.807, 2.05) is 26.8 Å². The van der Waals surface area contributed by atoms with Crippen LogP contribution in [0.15, 0.2) is 23.8 Å². The molecule has 0 aliphatic carbocycles. The minimum absolute atomic E-state index is 0.0589. The maximum atomic E-state index is 11.5. The maximum absolute atomic E-state index is 11.5. The van der Waals surface area contributed by atoms with Crippen molar-refractivity contribution in [2.75, 3.05) is 0 Å². The van der Waals surface area contributed by atoms with E-state index in [4.69, 9.17) is 4.74 Å². The van der Waals surface area contributed by atoms with Gasteiger partial charge >= 0.3 is 5.97 Å². The normalized spacial score (nSPS) is 14.2. The Morgan fingerprint density at radius 1 is 1.05 bits per heavy atom. The fraction of sp³-hybridized carbons (Fsp3) is 0.737. The summed E-state index contributed by atoms with van der Waals surface area (Å²) in [4.78, 5) is 11.5. The van der Waals surface area contributed by atoms with Crippen molar-refractivity contribution >= 4 is 5.97 Å². The molecule has 0 aromatic heterocycles. The highest BCUT2D eigenvalue weighted by molar-refractivity contribution is 5.83. The number of carbonyl (C=O) groups excluding carboxylic acids is 1. The molecule has 0 aromatic rings. The standard InChI is InChI=1S/C19H34O2/c1-15(2)10-7-8-11-17(5)12-9-13-18(6)14-19(20)21-16(3)4/h9,13-17H,7-8,10-12H2,1-6H3/b13-9+,18-14+. The molecular weight excluding hydrogens is 260 g/mol. The van der Waals surface area contributed by atoms with Gasteiger partial charge in [-0.2, -0.15) is 0 Å². The summed E-state index contributed by atoms with van der Waals surface area (Å²) in [6.45, 7) is 12.5. The smallest absolute Gasteiger partial charge is 0.331 e. The molecule has 0 radical (unpaired) electrons. The third-order valence-corrected chi connectivity index (χ3v) is 3.34. The monoisotopic (exact) mass is 294 g/mol. The van der Waals surface area contributed by atoms with Gasteiger partial charge < -0.3 is 4.74 Å². The SMILES string of the molecule is CC(/C=C/CC(C)CCCCC(C)C)=C\C(=O)OC(C)C. The first kappa shape index (κ1) is 19.9. The molecule has 0 N–H and O–H groups in total. The quantitative estimate of drug-likeness (QED) is 0.224. The van der Waals surface area contributed by atoms with Gasteiger partial charge in [-0.1, -0.05) is 58.6 Å². The molecule has 0 amide bonds. The van der Waals surface area contributed by atoms with E-state index >= 15 is 0 Å². The van der Waals surface area contributed by atoms with E-state index in [1.165, 1.54) is 25.7 Å². The Kier molecular flexibility index (Phi) is 11.0. The van der Waals surface area contributed by atoms with Crippen LogP contribution in [0.2, 0.25) is 0 Å². The summed E-state index contributed by atoms with van der Waals surface area (Å²) in [6, 6.07) is 0. The minimum atomic E-state index is -0.256. The first-order chi connectivity index (χ1) is 9.81. The molecule has 0 aliphatic rings. The van der Waals surface area contributed by atoms with E-state index < -0.39 is 0 Å². The van der Waals surface area contributed by atoms with Crippen LogP contribution in [0.3, 0.4) is 0 Å². The first-order valence-electron chi connectivity index (χ1n) is 8.36. The van der Waals surface area contributed by atoms with Gasteiger partial charge in [-0.15, -0.1) is 0 Å². The van der Waals surface area contributed by atoms with Crippen LogP contribution in [0.1, 0.15) is 73.6 Å². The number of ether oxygens (including phenoxy) is 1. The molecule has 0 rings (SSSR count). The number of unbranched alkanes of at least 4 members (excludes halogenated alkanes) is 1. The predicted octanol–water partition coefficient (Wildman–Crippen LogP) is 5.68. The van der Waals surface area contributed by atoms with E-state index in [2.05, 4.69) is 26.8 Å². The second kappa shape index (κ2) is 11.6. The molecular formula is C19H34O2. The van der Waals surface area contributed by atoms with Crippen molar-refractivity contribution in [3.05, 3.63) is 23.8 Å². The van der Waals surface area contributed by atoms with Crippen LogP contribution in [-0.2, 0) is 9.53 Å². The van der Waals surface area contributed by atoms with Gasteiger partial charge in [-0.25, -0.2) is 4.79 Å². The Balaban J connectivity index is 3.92. The zero-order chi connectivity index (χ0) is 16.3. The second-order valence-corrected chi connectivity index (χ2v) is 6.80. The topological polar surface area (TPSA) is 26.3 Å². The molecule has 0 saturated carbocycles. The number of hydrogen-bond donors (Lipinski definition) is 0. The van der Waals surface area contributed by atoms with E-state index in [9.17, 15) is 4.79 Å². The second-order valence-electron chi connectivity index (χ2n) is 6.80. The zero-order valence-electron chi connectivity index (χ0n) is 14.8. The Morgan fingerprint density at radius 3 is 2.24 bits per heavy atom. The third kappa shape index (κ3) is 13.7. The molecule has 0 aliphatic heterocycles. The molecule has 0 saturated heterocycles. The molecule has 0 bridgehead atoms. The number of rotatable bonds is 10. The van der Waals surface area contributed by atoms with Gasteiger partial charge in [0.05, 0.1) is 6.10 Å². The van der Waals surface area contributed by atoms with Crippen LogP contribution in [0.25, 0.3) is 0 Å². The summed E-state index contributed by atoms with van der Waals surface area (Å²) in [5, 5.41) is 0. The fourth-order valence-electron chi connectivity index (χ4n) is 2.15. The van der Waals surface area contributed by atoms with Crippen molar-refractivity contribution < 1.29 is 9.53 Å². The molecule has 122 valence electrons. The Labute approximate surface area is 131 Å². The lowest BCUT2D eigenvalue weighted by molar-refractivity contribution is -0.141.